The summed E-state index contributed by atoms with van der Waals surface area (Å²) in [7, 11) is 1.57. The Hall–Kier alpha value is -1.08. The van der Waals surface area contributed by atoms with Crippen molar-refractivity contribution in [2.24, 2.45) is 0 Å². The Bertz CT molecular complexity index is 346. The lowest BCUT2D eigenvalue weighted by Crippen LogP contribution is -1.96. The van der Waals surface area contributed by atoms with Crippen molar-refractivity contribution in [3.8, 4) is 5.75 Å². The molecule has 0 bridgehead atoms. The first-order chi connectivity index (χ1) is 6.20. The van der Waals surface area contributed by atoms with E-state index >= 15 is 0 Å². The highest BCUT2D eigenvalue weighted by Crippen LogP contribution is 2.32. The van der Waals surface area contributed by atoms with Crippen LogP contribution in [0.5, 0.6) is 5.75 Å². The van der Waals surface area contributed by atoms with Crippen LogP contribution in [0.25, 0.3) is 4.85 Å². The Morgan fingerprint density at radius 1 is 1.62 bits per heavy atom. The maximum Gasteiger partial charge on any atom is 0.250 e. The molecule has 0 spiro atoms. The van der Waals surface area contributed by atoms with E-state index in [1.165, 1.54) is 0 Å². The average Bonchev–Trinajstić information content (AvgIpc) is 2.16. The molecule has 1 aromatic heterocycles. The summed E-state index contributed by atoms with van der Waals surface area (Å²) in [6.07, 6.45) is 3.28. The largest absolute Gasteiger partial charge is 0.494 e. The summed E-state index contributed by atoms with van der Waals surface area (Å²) in [5.41, 5.74) is 0.854. The van der Waals surface area contributed by atoms with Crippen LogP contribution >= 0.6 is 15.9 Å². The van der Waals surface area contributed by atoms with Crippen LogP contribution in [0.2, 0.25) is 0 Å². The second kappa shape index (κ2) is 4.24. The summed E-state index contributed by atoms with van der Waals surface area (Å²) in [5, 5.41) is 0. The molecule has 1 unspecified atom stereocenters. The van der Waals surface area contributed by atoms with Crippen molar-refractivity contribution in [2.75, 3.05) is 7.11 Å². The van der Waals surface area contributed by atoms with Gasteiger partial charge in [0.25, 0.3) is 6.04 Å². The molecule has 4 heteroatoms. The fraction of sp³-hybridized carbons (Fsp3) is 0.333. The smallest absolute Gasteiger partial charge is 0.250 e. The Morgan fingerprint density at radius 3 is 2.85 bits per heavy atom. The normalized spacial score (nSPS) is 11.8. The van der Waals surface area contributed by atoms with E-state index in [1.54, 1.807) is 19.5 Å². The van der Waals surface area contributed by atoms with Gasteiger partial charge in [-0.2, -0.15) is 0 Å². The Kier molecular flexibility index (Phi) is 3.26. The van der Waals surface area contributed by atoms with E-state index in [9.17, 15) is 0 Å². The maximum atomic E-state index is 6.94. The van der Waals surface area contributed by atoms with Crippen molar-refractivity contribution in [1.82, 2.24) is 4.98 Å². The minimum atomic E-state index is -0.215. The highest BCUT2D eigenvalue weighted by atomic mass is 79.9. The first kappa shape index (κ1) is 10.0. The summed E-state index contributed by atoms with van der Waals surface area (Å²) < 4.78 is 5.93. The molecular formula is C9H9BrN2O. The number of hydrogen-bond acceptors (Lipinski definition) is 2. The third-order valence-corrected chi connectivity index (χ3v) is 2.37. The van der Waals surface area contributed by atoms with E-state index in [1.807, 2.05) is 6.92 Å². The number of aromatic nitrogens is 1. The molecule has 3 nitrogen and oxygen atoms in total. The molecule has 1 rings (SSSR count). The van der Waals surface area contributed by atoms with Crippen LogP contribution in [0, 0.1) is 6.57 Å². The van der Waals surface area contributed by atoms with Crippen LogP contribution in [-0.2, 0) is 0 Å². The number of rotatable bonds is 2. The zero-order chi connectivity index (χ0) is 9.84. The fourth-order valence-corrected chi connectivity index (χ4v) is 1.70. The summed E-state index contributed by atoms with van der Waals surface area (Å²) >= 11 is 3.34. The second-order valence-electron chi connectivity index (χ2n) is 2.54. The lowest BCUT2D eigenvalue weighted by Gasteiger charge is -2.08. The Labute approximate surface area is 85.7 Å². The van der Waals surface area contributed by atoms with Crippen molar-refractivity contribution in [3.05, 3.63) is 33.8 Å². The quantitative estimate of drug-likeness (QED) is 0.744. The number of methoxy groups -OCH3 is 1. The van der Waals surface area contributed by atoms with E-state index in [2.05, 4.69) is 25.8 Å². The topological polar surface area (TPSA) is 26.5 Å². The third kappa shape index (κ3) is 1.99. The van der Waals surface area contributed by atoms with Gasteiger partial charge in [-0.05, 0) is 15.9 Å². The van der Waals surface area contributed by atoms with Crippen molar-refractivity contribution < 1.29 is 4.74 Å². The standard InChI is InChI=1S/C9H9BrN2O/c1-6(11-2)9-7(10)4-12-5-8(9)13-3/h4-6H,1,3H3. The summed E-state index contributed by atoms with van der Waals surface area (Å²) in [5.74, 6) is 0.651. The second-order valence-corrected chi connectivity index (χ2v) is 3.40. The maximum absolute atomic E-state index is 6.94. The van der Waals surface area contributed by atoms with Crippen LogP contribution in [0.1, 0.15) is 18.5 Å². The van der Waals surface area contributed by atoms with Gasteiger partial charge in [0.2, 0.25) is 0 Å². The first-order valence-corrected chi connectivity index (χ1v) is 4.54. The Balaban J connectivity index is 3.24. The molecular weight excluding hydrogens is 232 g/mol. The molecule has 68 valence electrons. The van der Waals surface area contributed by atoms with Crippen LogP contribution < -0.4 is 4.74 Å². The Morgan fingerprint density at radius 2 is 2.31 bits per heavy atom. The number of nitrogens with zero attached hydrogens (tertiary/aromatic N) is 2. The predicted molar refractivity (Wildman–Crippen MR) is 53.5 cm³/mol. The zero-order valence-electron chi connectivity index (χ0n) is 7.41. The van der Waals surface area contributed by atoms with Crippen molar-refractivity contribution in [2.45, 2.75) is 13.0 Å². The lowest BCUT2D eigenvalue weighted by atomic mass is 10.1. The van der Waals surface area contributed by atoms with E-state index in [0.29, 0.717) is 5.75 Å². The minimum Gasteiger partial charge on any atom is -0.494 e. The van der Waals surface area contributed by atoms with Crippen LogP contribution in [0.3, 0.4) is 0 Å². The summed E-state index contributed by atoms with van der Waals surface area (Å²) in [6, 6.07) is -0.215. The molecule has 0 saturated heterocycles. The molecule has 0 saturated carbocycles. The third-order valence-electron chi connectivity index (χ3n) is 1.73. The van der Waals surface area contributed by atoms with Crippen LogP contribution in [0.15, 0.2) is 16.9 Å². The monoisotopic (exact) mass is 240 g/mol. The van der Waals surface area contributed by atoms with Gasteiger partial charge >= 0.3 is 0 Å². The average molecular weight is 241 g/mol. The van der Waals surface area contributed by atoms with Gasteiger partial charge in [-0.1, -0.05) is 0 Å². The van der Waals surface area contributed by atoms with Crippen molar-refractivity contribution in [1.29, 1.82) is 0 Å². The lowest BCUT2D eigenvalue weighted by molar-refractivity contribution is 0.406. The molecule has 0 radical (unpaired) electrons. The van der Waals surface area contributed by atoms with E-state index in [4.69, 9.17) is 11.3 Å². The number of hydrogen-bond donors (Lipinski definition) is 0. The predicted octanol–water partition coefficient (Wildman–Crippen LogP) is 2.83. The van der Waals surface area contributed by atoms with Crippen molar-refractivity contribution in [3.63, 3.8) is 0 Å². The van der Waals surface area contributed by atoms with E-state index < -0.39 is 0 Å². The van der Waals surface area contributed by atoms with Crippen molar-refractivity contribution >= 4 is 15.9 Å². The molecule has 0 aliphatic carbocycles. The van der Waals surface area contributed by atoms with Crippen LogP contribution in [0.4, 0.5) is 0 Å². The molecule has 0 aliphatic rings. The highest BCUT2D eigenvalue weighted by Gasteiger charge is 2.18. The molecule has 0 amide bonds. The zero-order valence-corrected chi connectivity index (χ0v) is 9.00. The van der Waals surface area contributed by atoms with Gasteiger partial charge < -0.3 is 9.58 Å². The minimum absolute atomic E-state index is 0.215. The van der Waals surface area contributed by atoms with E-state index in [-0.39, 0.29) is 6.04 Å². The van der Waals surface area contributed by atoms with Gasteiger partial charge in [0.1, 0.15) is 5.75 Å². The first-order valence-electron chi connectivity index (χ1n) is 3.74. The highest BCUT2D eigenvalue weighted by molar-refractivity contribution is 9.10. The van der Waals surface area contributed by atoms with Gasteiger partial charge in [0.15, 0.2) is 0 Å². The molecule has 0 aromatic carbocycles. The SMILES string of the molecule is [C-]#[N+]C(C)c1c(Br)cncc1OC. The van der Waals surface area contributed by atoms with Gasteiger partial charge in [-0.3, -0.25) is 4.98 Å². The molecule has 0 fully saturated rings. The molecule has 1 atom stereocenters. The summed E-state index contributed by atoms with van der Waals surface area (Å²) in [6.45, 7) is 8.77. The molecule has 13 heavy (non-hydrogen) atoms. The summed E-state index contributed by atoms with van der Waals surface area (Å²) in [4.78, 5) is 7.40. The van der Waals surface area contributed by atoms with Gasteiger partial charge in [-0.25, -0.2) is 6.57 Å². The fourth-order valence-electron chi connectivity index (χ4n) is 1.06. The molecule has 1 aromatic rings. The van der Waals surface area contributed by atoms with Gasteiger partial charge in [0.05, 0.1) is 23.3 Å². The van der Waals surface area contributed by atoms with Gasteiger partial charge in [0, 0.05) is 13.1 Å². The molecule has 0 N–H and O–H groups in total. The molecule has 0 aliphatic heterocycles. The van der Waals surface area contributed by atoms with Crippen LogP contribution in [-0.4, -0.2) is 12.1 Å². The van der Waals surface area contributed by atoms with Gasteiger partial charge in [-0.15, -0.1) is 0 Å². The molecule has 1 heterocycles. The number of pyridine rings is 1. The number of ether oxygens (including phenoxy) is 1. The van der Waals surface area contributed by atoms with E-state index in [0.717, 1.165) is 10.0 Å². The number of halogens is 1.